The Morgan fingerprint density at radius 1 is 1.00 bits per heavy atom. The smallest absolute Gasteiger partial charge is 0.324 e. The van der Waals surface area contributed by atoms with E-state index in [0.29, 0.717) is 12.8 Å². The van der Waals surface area contributed by atoms with E-state index in [-0.39, 0.29) is 18.1 Å². The zero-order valence-electron chi connectivity index (χ0n) is 18.7. The molecule has 0 spiro atoms. The largest absolute Gasteiger partial charge is 0.462 e. The van der Waals surface area contributed by atoms with Gasteiger partial charge >= 0.3 is 12.0 Å². The number of nitrogens with zero attached hydrogens (tertiary/aromatic N) is 2. The number of benzene rings is 1. The molecule has 2 amide bonds. The Hall–Kier alpha value is -2.08. The van der Waals surface area contributed by atoms with Crippen LogP contribution in [0.15, 0.2) is 24.3 Å². The van der Waals surface area contributed by atoms with E-state index in [4.69, 9.17) is 4.74 Å². The van der Waals surface area contributed by atoms with E-state index in [1.807, 2.05) is 34.1 Å². The number of esters is 1. The fourth-order valence-corrected chi connectivity index (χ4v) is 5.06. The number of carbonyl (C=O) groups excluding carboxylic acids is 2. The molecule has 0 radical (unpaired) electrons. The van der Waals surface area contributed by atoms with E-state index in [9.17, 15) is 9.59 Å². The van der Waals surface area contributed by atoms with Crippen LogP contribution in [0.1, 0.15) is 63.4 Å². The normalized spacial score (nSPS) is 21.0. The Morgan fingerprint density at radius 2 is 1.74 bits per heavy atom. The Balaban J connectivity index is 1.21. The van der Waals surface area contributed by atoms with Crippen LogP contribution in [0.2, 0.25) is 0 Å². The number of aryl methyl sites for hydroxylation is 1. The third kappa shape index (κ3) is 6.22. The van der Waals surface area contributed by atoms with Gasteiger partial charge in [0.15, 0.2) is 0 Å². The molecule has 31 heavy (non-hydrogen) atoms. The summed E-state index contributed by atoms with van der Waals surface area (Å²) in [6, 6.07) is 8.21. The van der Waals surface area contributed by atoms with Crippen molar-refractivity contribution in [1.29, 1.82) is 0 Å². The summed E-state index contributed by atoms with van der Waals surface area (Å²) < 4.78 is 5.61. The summed E-state index contributed by atoms with van der Waals surface area (Å²) in [4.78, 5) is 28.9. The molecule has 2 aliphatic heterocycles. The molecule has 6 nitrogen and oxygen atoms in total. The molecular formula is C25H37N3O3. The number of carbonyl (C=O) groups is 2. The highest BCUT2D eigenvalue weighted by Gasteiger charge is 2.30. The number of anilines is 1. The maximum absolute atomic E-state index is 12.8. The minimum atomic E-state index is -0.0879. The average molecular weight is 428 g/mol. The number of rotatable bonds is 8. The summed E-state index contributed by atoms with van der Waals surface area (Å²) in [5.74, 6) is 0.655. The number of hydrogen-bond donors (Lipinski definition) is 1. The van der Waals surface area contributed by atoms with Crippen molar-refractivity contribution in [2.45, 2.75) is 70.3 Å². The lowest BCUT2D eigenvalue weighted by Crippen LogP contribution is -2.34. The lowest BCUT2D eigenvalue weighted by molar-refractivity contribution is -0.150. The van der Waals surface area contributed by atoms with E-state index in [1.165, 1.54) is 32.1 Å². The van der Waals surface area contributed by atoms with Crippen LogP contribution in [-0.4, -0.2) is 55.7 Å². The van der Waals surface area contributed by atoms with E-state index in [0.717, 1.165) is 69.2 Å². The van der Waals surface area contributed by atoms with Crippen molar-refractivity contribution in [1.82, 2.24) is 10.2 Å². The predicted molar refractivity (Wildman–Crippen MR) is 122 cm³/mol. The van der Waals surface area contributed by atoms with Crippen LogP contribution in [0, 0.1) is 5.92 Å². The average Bonchev–Trinajstić information content (AvgIpc) is 3.18. The first-order valence-corrected chi connectivity index (χ1v) is 12.2. The van der Waals surface area contributed by atoms with Gasteiger partial charge in [0.05, 0.1) is 0 Å². The van der Waals surface area contributed by atoms with Gasteiger partial charge in [-0.2, -0.15) is 0 Å². The first-order chi connectivity index (χ1) is 15.2. The van der Waals surface area contributed by atoms with Crippen molar-refractivity contribution in [2.75, 3.05) is 37.6 Å². The van der Waals surface area contributed by atoms with E-state index in [2.05, 4.69) is 5.32 Å². The van der Waals surface area contributed by atoms with Gasteiger partial charge in [-0.25, -0.2) is 4.79 Å². The zero-order chi connectivity index (χ0) is 21.5. The van der Waals surface area contributed by atoms with Gasteiger partial charge in [0.25, 0.3) is 0 Å². The van der Waals surface area contributed by atoms with Gasteiger partial charge in [-0.15, -0.1) is 0 Å². The van der Waals surface area contributed by atoms with Gasteiger partial charge in [0, 0.05) is 31.7 Å². The molecule has 0 aromatic heterocycles. The van der Waals surface area contributed by atoms with Gasteiger partial charge in [0.2, 0.25) is 0 Å². The predicted octanol–water partition coefficient (Wildman–Crippen LogP) is 4.13. The number of piperidine rings is 1. The summed E-state index contributed by atoms with van der Waals surface area (Å²) in [5.41, 5.74) is 2.06. The standard InChI is InChI=1S/C25H37N3O3/c29-24(31-23-4-2-1-3-5-23)11-8-20-6-9-22(10-7-20)28-19-18-27(25(28)30)17-14-21-12-15-26-16-13-21/h6-7,9-10,21,23,26H,1-5,8,11-19H2. The van der Waals surface area contributed by atoms with E-state index < -0.39 is 0 Å². The summed E-state index contributed by atoms with van der Waals surface area (Å²) in [5, 5.41) is 3.40. The molecule has 170 valence electrons. The molecule has 2 heterocycles. The summed E-state index contributed by atoms with van der Waals surface area (Å²) in [7, 11) is 0. The van der Waals surface area contributed by atoms with Crippen molar-refractivity contribution < 1.29 is 14.3 Å². The second-order valence-electron chi connectivity index (χ2n) is 9.32. The van der Waals surface area contributed by atoms with Crippen LogP contribution in [0.4, 0.5) is 10.5 Å². The molecule has 2 saturated heterocycles. The van der Waals surface area contributed by atoms with Crippen molar-refractivity contribution in [3.05, 3.63) is 29.8 Å². The van der Waals surface area contributed by atoms with E-state index in [1.54, 1.807) is 0 Å². The van der Waals surface area contributed by atoms with Crippen molar-refractivity contribution in [2.24, 2.45) is 5.92 Å². The molecular weight excluding hydrogens is 390 g/mol. The second-order valence-corrected chi connectivity index (χ2v) is 9.32. The molecule has 4 rings (SSSR count). The summed E-state index contributed by atoms with van der Waals surface area (Å²) in [6.45, 7) is 4.63. The number of hydrogen-bond acceptors (Lipinski definition) is 4. The van der Waals surface area contributed by atoms with Gasteiger partial charge in [-0.05, 0) is 88.1 Å². The molecule has 3 fully saturated rings. The van der Waals surface area contributed by atoms with Gasteiger partial charge < -0.3 is 15.0 Å². The van der Waals surface area contributed by atoms with Crippen LogP contribution in [0.25, 0.3) is 0 Å². The molecule has 1 saturated carbocycles. The molecule has 6 heteroatoms. The maximum Gasteiger partial charge on any atom is 0.324 e. The molecule has 1 aromatic rings. The highest BCUT2D eigenvalue weighted by molar-refractivity contribution is 5.94. The fourth-order valence-electron chi connectivity index (χ4n) is 5.06. The Kier molecular flexibility index (Phi) is 7.84. The topological polar surface area (TPSA) is 61.9 Å². The zero-order valence-corrected chi connectivity index (χ0v) is 18.7. The Morgan fingerprint density at radius 3 is 2.48 bits per heavy atom. The SMILES string of the molecule is O=C(CCc1ccc(N2CCN(CCC3CCNCC3)C2=O)cc1)OC1CCCCC1. The number of nitrogens with one attached hydrogen (secondary N) is 1. The second kappa shape index (κ2) is 11.0. The highest BCUT2D eigenvalue weighted by Crippen LogP contribution is 2.24. The molecule has 3 aliphatic rings. The van der Waals surface area contributed by atoms with Crippen molar-refractivity contribution >= 4 is 17.7 Å². The highest BCUT2D eigenvalue weighted by atomic mass is 16.5. The first-order valence-electron chi connectivity index (χ1n) is 12.2. The van der Waals surface area contributed by atoms with Crippen LogP contribution in [0.5, 0.6) is 0 Å². The maximum atomic E-state index is 12.8. The molecule has 1 aromatic carbocycles. The molecule has 1 N–H and O–H groups in total. The summed E-state index contributed by atoms with van der Waals surface area (Å²) in [6.07, 6.45) is 10.4. The van der Waals surface area contributed by atoms with Crippen molar-refractivity contribution in [3.63, 3.8) is 0 Å². The van der Waals surface area contributed by atoms with Crippen LogP contribution in [-0.2, 0) is 16.0 Å². The minimum Gasteiger partial charge on any atom is -0.462 e. The van der Waals surface area contributed by atoms with Gasteiger partial charge in [-0.1, -0.05) is 18.6 Å². The van der Waals surface area contributed by atoms with Gasteiger partial charge in [0.1, 0.15) is 6.10 Å². The fraction of sp³-hybridized carbons (Fsp3) is 0.680. The van der Waals surface area contributed by atoms with E-state index >= 15 is 0 Å². The number of ether oxygens (including phenoxy) is 1. The summed E-state index contributed by atoms with van der Waals surface area (Å²) >= 11 is 0. The quantitative estimate of drug-likeness (QED) is 0.634. The number of amides is 2. The van der Waals surface area contributed by atoms with Crippen molar-refractivity contribution in [3.8, 4) is 0 Å². The lowest BCUT2D eigenvalue weighted by Gasteiger charge is -2.25. The molecule has 0 atom stereocenters. The van der Waals surface area contributed by atoms with Crippen LogP contribution >= 0.6 is 0 Å². The van der Waals surface area contributed by atoms with Crippen LogP contribution in [0.3, 0.4) is 0 Å². The minimum absolute atomic E-state index is 0.0879. The van der Waals surface area contributed by atoms with Crippen LogP contribution < -0.4 is 10.2 Å². The first kappa shape index (κ1) is 22.1. The third-order valence-electron chi connectivity index (χ3n) is 7.08. The monoisotopic (exact) mass is 427 g/mol. The molecule has 1 aliphatic carbocycles. The Labute approximate surface area is 186 Å². The molecule has 0 unspecified atom stereocenters. The number of urea groups is 1. The van der Waals surface area contributed by atoms with Gasteiger partial charge in [-0.3, -0.25) is 9.69 Å². The third-order valence-corrected chi connectivity index (χ3v) is 7.08. The Bertz CT molecular complexity index is 724. The molecule has 0 bridgehead atoms. The lowest BCUT2D eigenvalue weighted by atomic mass is 9.94.